The molecule has 0 aliphatic heterocycles. The van der Waals surface area contributed by atoms with Crippen LogP contribution >= 0.6 is 0 Å². The van der Waals surface area contributed by atoms with E-state index in [1.165, 1.54) is 11.1 Å². The van der Waals surface area contributed by atoms with E-state index in [-0.39, 0.29) is 5.97 Å². The molecule has 0 aliphatic rings. The van der Waals surface area contributed by atoms with Gasteiger partial charge in [-0.05, 0) is 32.0 Å². The van der Waals surface area contributed by atoms with Crippen LogP contribution in [0.5, 0.6) is 0 Å². The van der Waals surface area contributed by atoms with Crippen LogP contribution in [0.25, 0.3) is 0 Å². The highest BCUT2D eigenvalue weighted by atomic mass is 16.5. The molecule has 88 valence electrons. The maximum Gasteiger partial charge on any atom is 0.320 e. The third-order valence-corrected chi connectivity index (χ3v) is 2.41. The van der Waals surface area contributed by atoms with Gasteiger partial charge in [-0.1, -0.05) is 24.3 Å². The van der Waals surface area contributed by atoms with Crippen LogP contribution in [0, 0.1) is 6.92 Å². The lowest BCUT2D eigenvalue weighted by atomic mass is 10.1. The van der Waals surface area contributed by atoms with Crippen molar-refractivity contribution < 1.29 is 9.53 Å². The number of likely N-dealkylation sites (N-methyl/N-ethyl adjacent to an activating group) is 1. The summed E-state index contributed by atoms with van der Waals surface area (Å²) in [5.41, 5.74) is 2.49. The molecule has 1 aromatic rings. The molecule has 0 unspecified atom stereocenters. The Balaban J connectivity index is 2.48. The van der Waals surface area contributed by atoms with Crippen LogP contribution in [0.15, 0.2) is 24.3 Å². The first-order valence-corrected chi connectivity index (χ1v) is 5.52. The van der Waals surface area contributed by atoms with Gasteiger partial charge in [0.15, 0.2) is 0 Å². The summed E-state index contributed by atoms with van der Waals surface area (Å²) in [7, 11) is 1.92. The summed E-state index contributed by atoms with van der Waals surface area (Å²) in [4.78, 5) is 13.2. The molecule has 0 fully saturated rings. The van der Waals surface area contributed by atoms with Crippen molar-refractivity contribution in [3.63, 3.8) is 0 Å². The lowest BCUT2D eigenvalue weighted by molar-refractivity contribution is -0.144. The van der Waals surface area contributed by atoms with E-state index in [4.69, 9.17) is 4.74 Å². The summed E-state index contributed by atoms with van der Waals surface area (Å²) in [6.07, 6.45) is 0. The fraction of sp³-hybridized carbons (Fsp3) is 0.462. The summed E-state index contributed by atoms with van der Waals surface area (Å²) in [5, 5.41) is 0. The molecule has 0 saturated heterocycles. The maximum atomic E-state index is 11.3. The molecule has 0 saturated carbocycles. The van der Waals surface area contributed by atoms with E-state index in [0.717, 1.165) is 6.54 Å². The first-order chi connectivity index (χ1) is 7.63. The number of ether oxygens (including phenoxy) is 1. The number of rotatable bonds is 5. The summed E-state index contributed by atoms with van der Waals surface area (Å²) in [6.45, 7) is 5.44. The second kappa shape index (κ2) is 6.28. The summed E-state index contributed by atoms with van der Waals surface area (Å²) >= 11 is 0. The number of nitrogens with zero attached hydrogens (tertiary/aromatic N) is 1. The normalized spacial score (nSPS) is 10.5. The van der Waals surface area contributed by atoms with Gasteiger partial charge in [0.25, 0.3) is 0 Å². The van der Waals surface area contributed by atoms with Crippen molar-refractivity contribution in [2.75, 3.05) is 20.2 Å². The molecule has 16 heavy (non-hydrogen) atoms. The molecule has 3 heteroatoms. The standard InChI is InChI=1S/C13H19NO2/c1-4-16-13(15)10-14(3)9-12-8-6-5-7-11(12)2/h5-8H,4,9-10H2,1-3H3. The highest BCUT2D eigenvalue weighted by Crippen LogP contribution is 2.09. The Morgan fingerprint density at radius 1 is 1.38 bits per heavy atom. The number of hydrogen-bond donors (Lipinski definition) is 0. The fourth-order valence-corrected chi connectivity index (χ4v) is 1.56. The average Bonchev–Trinajstić information content (AvgIpc) is 2.21. The second-order valence-electron chi connectivity index (χ2n) is 3.90. The van der Waals surface area contributed by atoms with E-state index in [2.05, 4.69) is 19.1 Å². The quantitative estimate of drug-likeness (QED) is 0.712. The average molecular weight is 221 g/mol. The molecular weight excluding hydrogens is 202 g/mol. The molecule has 0 heterocycles. The van der Waals surface area contributed by atoms with Crippen molar-refractivity contribution in [3.05, 3.63) is 35.4 Å². The minimum atomic E-state index is -0.168. The van der Waals surface area contributed by atoms with Gasteiger partial charge in [0.1, 0.15) is 0 Å². The zero-order chi connectivity index (χ0) is 12.0. The van der Waals surface area contributed by atoms with E-state index in [1.54, 1.807) is 0 Å². The third kappa shape index (κ3) is 4.03. The van der Waals surface area contributed by atoms with Gasteiger partial charge in [-0.25, -0.2) is 0 Å². The van der Waals surface area contributed by atoms with Gasteiger partial charge in [0.2, 0.25) is 0 Å². The van der Waals surface area contributed by atoms with Gasteiger partial charge in [-0.2, -0.15) is 0 Å². The minimum absolute atomic E-state index is 0.168. The van der Waals surface area contributed by atoms with Gasteiger partial charge in [0, 0.05) is 6.54 Å². The largest absolute Gasteiger partial charge is 0.465 e. The van der Waals surface area contributed by atoms with E-state index in [0.29, 0.717) is 13.2 Å². The van der Waals surface area contributed by atoms with E-state index < -0.39 is 0 Å². The Morgan fingerprint density at radius 2 is 2.06 bits per heavy atom. The van der Waals surface area contributed by atoms with Crippen molar-refractivity contribution in [1.82, 2.24) is 4.90 Å². The lowest BCUT2D eigenvalue weighted by Crippen LogP contribution is -2.27. The number of carbonyl (C=O) groups excluding carboxylic acids is 1. The summed E-state index contributed by atoms with van der Waals surface area (Å²) < 4.78 is 4.90. The van der Waals surface area contributed by atoms with Crippen LogP contribution in [0.3, 0.4) is 0 Å². The van der Waals surface area contributed by atoms with Crippen LogP contribution in [0.2, 0.25) is 0 Å². The first kappa shape index (κ1) is 12.7. The van der Waals surface area contributed by atoms with Crippen molar-refractivity contribution in [3.8, 4) is 0 Å². The summed E-state index contributed by atoms with van der Waals surface area (Å²) in [6, 6.07) is 8.19. The monoisotopic (exact) mass is 221 g/mol. The number of carbonyl (C=O) groups is 1. The van der Waals surface area contributed by atoms with Gasteiger partial charge >= 0.3 is 5.97 Å². The first-order valence-electron chi connectivity index (χ1n) is 5.52. The number of esters is 1. The van der Waals surface area contributed by atoms with Crippen molar-refractivity contribution in [1.29, 1.82) is 0 Å². The van der Waals surface area contributed by atoms with Crippen molar-refractivity contribution in [2.24, 2.45) is 0 Å². The number of aryl methyl sites for hydroxylation is 1. The Labute approximate surface area is 97.0 Å². The molecular formula is C13H19NO2. The third-order valence-electron chi connectivity index (χ3n) is 2.41. The van der Waals surface area contributed by atoms with Crippen LogP contribution in [-0.2, 0) is 16.1 Å². The van der Waals surface area contributed by atoms with Gasteiger partial charge in [0.05, 0.1) is 13.2 Å². The number of benzene rings is 1. The molecule has 0 amide bonds. The molecule has 1 rings (SSSR count). The van der Waals surface area contributed by atoms with Crippen LogP contribution < -0.4 is 0 Å². The highest BCUT2D eigenvalue weighted by molar-refractivity contribution is 5.71. The number of hydrogen-bond acceptors (Lipinski definition) is 3. The molecule has 0 spiro atoms. The van der Waals surface area contributed by atoms with E-state index in [1.807, 2.05) is 31.0 Å². The predicted octanol–water partition coefficient (Wildman–Crippen LogP) is 1.99. The van der Waals surface area contributed by atoms with E-state index >= 15 is 0 Å². The van der Waals surface area contributed by atoms with Crippen LogP contribution in [0.1, 0.15) is 18.1 Å². The molecule has 0 radical (unpaired) electrons. The lowest BCUT2D eigenvalue weighted by Gasteiger charge is -2.16. The Hall–Kier alpha value is -1.35. The Morgan fingerprint density at radius 3 is 2.69 bits per heavy atom. The van der Waals surface area contributed by atoms with Gasteiger partial charge in [-0.3, -0.25) is 9.69 Å². The molecule has 0 N–H and O–H groups in total. The van der Waals surface area contributed by atoms with E-state index in [9.17, 15) is 4.79 Å². The fourth-order valence-electron chi connectivity index (χ4n) is 1.56. The smallest absolute Gasteiger partial charge is 0.320 e. The van der Waals surface area contributed by atoms with Gasteiger partial charge < -0.3 is 4.74 Å². The second-order valence-corrected chi connectivity index (χ2v) is 3.90. The molecule has 0 atom stereocenters. The molecule has 0 bridgehead atoms. The zero-order valence-corrected chi connectivity index (χ0v) is 10.2. The Bertz CT molecular complexity index is 350. The van der Waals surface area contributed by atoms with Crippen molar-refractivity contribution in [2.45, 2.75) is 20.4 Å². The topological polar surface area (TPSA) is 29.5 Å². The summed E-state index contributed by atoms with van der Waals surface area (Å²) in [5.74, 6) is -0.168. The molecule has 1 aromatic carbocycles. The zero-order valence-electron chi connectivity index (χ0n) is 10.2. The molecule has 0 aromatic heterocycles. The maximum absolute atomic E-state index is 11.3. The van der Waals surface area contributed by atoms with Crippen LogP contribution in [-0.4, -0.2) is 31.1 Å². The van der Waals surface area contributed by atoms with Crippen molar-refractivity contribution >= 4 is 5.97 Å². The highest BCUT2D eigenvalue weighted by Gasteiger charge is 2.08. The van der Waals surface area contributed by atoms with Crippen LogP contribution in [0.4, 0.5) is 0 Å². The van der Waals surface area contributed by atoms with Gasteiger partial charge in [-0.15, -0.1) is 0 Å². The SMILES string of the molecule is CCOC(=O)CN(C)Cc1ccccc1C. The molecule has 0 aliphatic carbocycles. The minimum Gasteiger partial charge on any atom is -0.465 e. The Kier molecular flexibility index (Phi) is 4.99. The predicted molar refractivity (Wildman–Crippen MR) is 64.1 cm³/mol. The molecule has 3 nitrogen and oxygen atoms in total.